The summed E-state index contributed by atoms with van der Waals surface area (Å²) in [4.78, 5) is 7.40. The summed E-state index contributed by atoms with van der Waals surface area (Å²) in [5.41, 5.74) is 6.53. The molecule has 2 aliphatic carbocycles. The summed E-state index contributed by atoms with van der Waals surface area (Å²) in [5.74, 6) is 1.36. The molecule has 3 aliphatic rings. The highest BCUT2D eigenvalue weighted by molar-refractivity contribution is 14.1. The molecule has 0 amide bonds. The molecule has 1 aliphatic heterocycles. The predicted molar refractivity (Wildman–Crippen MR) is 178 cm³/mol. The summed E-state index contributed by atoms with van der Waals surface area (Å²) < 4.78 is 0. The second-order valence-electron chi connectivity index (χ2n) is 16.2. The average Bonchev–Trinajstić information content (AvgIpc) is 2.80. The molecule has 1 heterocycles. The molecule has 0 unspecified atom stereocenters. The van der Waals surface area contributed by atoms with E-state index in [4.69, 9.17) is 0 Å². The molecular weight excluding hydrogens is 575 g/mol. The number of halogens is 1. The van der Waals surface area contributed by atoms with Crippen LogP contribution in [-0.2, 0) is 0 Å². The van der Waals surface area contributed by atoms with Crippen LogP contribution in [0.2, 0.25) is 0 Å². The molecule has 0 aromatic heterocycles. The van der Waals surface area contributed by atoms with Gasteiger partial charge in [0.1, 0.15) is 0 Å². The summed E-state index contributed by atoms with van der Waals surface area (Å²) >= 11 is 2.15. The van der Waals surface area contributed by atoms with E-state index >= 15 is 0 Å². The smallest absolute Gasteiger partial charge is 0.0402 e. The first-order valence-corrected chi connectivity index (χ1v) is 17.8. The van der Waals surface area contributed by atoms with Gasteiger partial charge in [0, 0.05) is 31.9 Å². The van der Waals surface area contributed by atoms with Crippen LogP contribution in [0.4, 0.5) is 5.69 Å². The van der Waals surface area contributed by atoms with E-state index in [2.05, 4.69) is 113 Å². The summed E-state index contributed by atoms with van der Waals surface area (Å²) in [5, 5.41) is 0. The van der Waals surface area contributed by atoms with Crippen molar-refractivity contribution in [3.63, 3.8) is 0 Å². The van der Waals surface area contributed by atoms with Crippen LogP contribution in [0.1, 0.15) is 137 Å². The van der Waals surface area contributed by atoms with E-state index in [0.717, 1.165) is 0 Å². The molecule has 38 heavy (non-hydrogen) atoms. The first-order valence-electron chi connectivity index (χ1n) is 15.7. The molecule has 2 nitrogen and oxygen atoms in total. The third-order valence-corrected chi connectivity index (χ3v) is 9.61. The highest BCUT2D eigenvalue weighted by Crippen LogP contribution is 2.55. The van der Waals surface area contributed by atoms with Crippen LogP contribution in [0.25, 0.3) is 0 Å². The Morgan fingerprint density at radius 2 is 1.18 bits per heavy atom. The quantitative estimate of drug-likeness (QED) is 0.227. The molecule has 1 aromatic carbocycles. The minimum Gasteiger partial charge on any atom is -0.369 e. The number of anilines is 1. The van der Waals surface area contributed by atoms with Crippen LogP contribution in [0.15, 0.2) is 18.2 Å². The van der Waals surface area contributed by atoms with E-state index in [1.54, 1.807) is 16.8 Å². The molecule has 0 radical (unpaired) electrons. The summed E-state index contributed by atoms with van der Waals surface area (Å²) in [6.45, 7) is 28.4. The summed E-state index contributed by atoms with van der Waals surface area (Å²) in [6.07, 6.45) is 10.6. The van der Waals surface area contributed by atoms with Crippen molar-refractivity contribution in [1.82, 2.24) is 4.90 Å². The molecule has 4 rings (SSSR count). The molecule has 2 saturated carbocycles. The van der Waals surface area contributed by atoms with E-state index < -0.39 is 0 Å². The standard InChI is InChI=1S/C34H58N2.CH3I/c1-10-11-14-35-15-17-36(18-16-35)30-13-12-26(27-20-31(2,3)24-32(4,5)21-27)19-29(30)28-22-33(6,7)25-34(8,9)23-28;1-2/h12-13,19,27-28H,10-11,14-18,20-25H2,1-9H3;1H3. The van der Waals surface area contributed by atoms with Crippen LogP contribution in [0, 0.1) is 21.7 Å². The fourth-order valence-corrected chi connectivity index (χ4v) is 9.18. The van der Waals surface area contributed by atoms with Crippen molar-refractivity contribution in [2.75, 3.05) is 42.6 Å². The molecule has 3 fully saturated rings. The Hall–Kier alpha value is -0.290. The van der Waals surface area contributed by atoms with Gasteiger partial charge in [-0.25, -0.2) is 0 Å². The topological polar surface area (TPSA) is 6.48 Å². The van der Waals surface area contributed by atoms with Crippen molar-refractivity contribution in [3.8, 4) is 0 Å². The van der Waals surface area contributed by atoms with E-state index in [1.807, 2.05) is 4.93 Å². The molecule has 218 valence electrons. The van der Waals surface area contributed by atoms with E-state index in [0.29, 0.717) is 33.5 Å². The van der Waals surface area contributed by atoms with Gasteiger partial charge in [0.15, 0.2) is 0 Å². The van der Waals surface area contributed by atoms with Gasteiger partial charge in [-0.3, -0.25) is 4.90 Å². The highest BCUT2D eigenvalue weighted by atomic mass is 127. The van der Waals surface area contributed by atoms with Gasteiger partial charge in [0.25, 0.3) is 0 Å². The lowest BCUT2D eigenvalue weighted by molar-refractivity contribution is 0.0952. The number of alkyl halides is 1. The Bertz CT molecular complexity index is 859. The Kier molecular flexibility index (Phi) is 10.8. The van der Waals surface area contributed by atoms with Gasteiger partial charge < -0.3 is 4.90 Å². The molecular formula is C35H61IN2. The van der Waals surface area contributed by atoms with Gasteiger partial charge in [0.05, 0.1) is 0 Å². The second kappa shape index (κ2) is 12.7. The first kappa shape index (κ1) is 32.2. The van der Waals surface area contributed by atoms with Gasteiger partial charge in [-0.15, -0.1) is 0 Å². The lowest BCUT2D eigenvalue weighted by Gasteiger charge is -2.47. The normalized spacial score (nSPS) is 25.5. The zero-order chi connectivity index (χ0) is 28.4. The van der Waals surface area contributed by atoms with Crippen molar-refractivity contribution >= 4 is 28.3 Å². The lowest BCUT2D eigenvalue weighted by Crippen LogP contribution is -2.47. The molecule has 1 saturated heterocycles. The number of nitrogens with zero attached hydrogens (tertiary/aromatic N) is 2. The maximum absolute atomic E-state index is 2.74. The van der Waals surface area contributed by atoms with Crippen molar-refractivity contribution in [1.29, 1.82) is 0 Å². The zero-order valence-electron chi connectivity index (χ0n) is 26.9. The second-order valence-corrected chi connectivity index (χ2v) is 16.2. The molecule has 0 bridgehead atoms. The van der Waals surface area contributed by atoms with Crippen LogP contribution in [-0.4, -0.2) is 42.6 Å². The van der Waals surface area contributed by atoms with Gasteiger partial charge in [-0.1, -0.05) is 103 Å². The zero-order valence-corrected chi connectivity index (χ0v) is 29.0. The number of hydrogen-bond acceptors (Lipinski definition) is 2. The van der Waals surface area contributed by atoms with E-state index in [1.165, 1.54) is 84.1 Å². The first-order chi connectivity index (χ1) is 17.7. The fraction of sp³-hybridized carbons (Fsp3) is 0.829. The Balaban J connectivity index is 0.00000195. The van der Waals surface area contributed by atoms with Crippen LogP contribution < -0.4 is 4.90 Å². The molecule has 1 aromatic rings. The van der Waals surface area contributed by atoms with E-state index in [-0.39, 0.29) is 0 Å². The SMILES string of the molecule is CCCCN1CCN(c2ccc(C3CC(C)(C)CC(C)(C)C3)cc2C2CC(C)(C)CC(C)(C)C2)CC1.CI. The predicted octanol–water partition coefficient (Wildman–Crippen LogP) is 10.3. The maximum atomic E-state index is 2.74. The number of piperazine rings is 1. The van der Waals surface area contributed by atoms with Crippen molar-refractivity contribution in [3.05, 3.63) is 29.3 Å². The highest BCUT2D eigenvalue weighted by Gasteiger charge is 2.42. The van der Waals surface area contributed by atoms with Crippen LogP contribution in [0.3, 0.4) is 0 Å². The third kappa shape index (κ3) is 8.60. The number of rotatable bonds is 6. The van der Waals surface area contributed by atoms with Gasteiger partial charge >= 0.3 is 0 Å². The van der Waals surface area contributed by atoms with Crippen LogP contribution >= 0.6 is 22.6 Å². The largest absolute Gasteiger partial charge is 0.369 e. The third-order valence-electron chi connectivity index (χ3n) is 9.61. The molecule has 0 N–H and O–H groups in total. The Morgan fingerprint density at radius 3 is 1.66 bits per heavy atom. The number of unbranched alkanes of at least 4 members (excludes halogenated alkanes) is 1. The Morgan fingerprint density at radius 1 is 0.711 bits per heavy atom. The molecule has 0 atom stereocenters. The Labute approximate surface area is 251 Å². The van der Waals surface area contributed by atoms with Gasteiger partial charge in [0.2, 0.25) is 0 Å². The molecule has 3 heteroatoms. The minimum atomic E-state index is 0.410. The van der Waals surface area contributed by atoms with Crippen molar-refractivity contribution in [2.45, 2.75) is 126 Å². The fourth-order valence-electron chi connectivity index (χ4n) is 9.18. The number of benzene rings is 1. The van der Waals surface area contributed by atoms with Crippen molar-refractivity contribution < 1.29 is 0 Å². The van der Waals surface area contributed by atoms with Gasteiger partial charge in [-0.2, -0.15) is 0 Å². The summed E-state index contributed by atoms with van der Waals surface area (Å²) in [6, 6.07) is 7.79. The van der Waals surface area contributed by atoms with Crippen LogP contribution in [0.5, 0.6) is 0 Å². The lowest BCUT2D eigenvalue weighted by atomic mass is 9.59. The minimum absolute atomic E-state index is 0.410. The number of hydrogen-bond donors (Lipinski definition) is 0. The van der Waals surface area contributed by atoms with Gasteiger partial charge in [-0.05, 0) is 107 Å². The van der Waals surface area contributed by atoms with Crippen molar-refractivity contribution in [2.24, 2.45) is 21.7 Å². The maximum Gasteiger partial charge on any atom is 0.0402 e. The van der Waals surface area contributed by atoms with E-state index in [9.17, 15) is 0 Å². The molecule has 0 spiro atoms. The average molecular weight is 637 g/mol. The summed E-state index contributed by atoms with van der Waals surface area (Å²) in [7, 11) is 0. The monoisotopic (exact) mass is 636 g/mol.